The Balaban J connectivity index is 0.00000169. The largest absolute Gasteiger partial charge is 0.334 e. The van der Waals surface area contributed by atoms with Crippen LogP contribution in [0, 0.1) is 5.92 Å². The van der Waals surface area contributed by atoms with Gasteiger partial charge in [0.05, 0.1) is 5.39 Å². The minimum atomic E-state index is -0.470. The van der Waals surface area contributed by atoms with E-state index in [0.29, 0.717) is 24.4 Å². The second-order valence-corrected chi connectivity index (χ2v) is 6.42. The summed E-state index contributed by atoms with van der Waals surface area (Å²) in [5, 5.41) is 0.311. The molecule has 1 saturated heterocycles. The molecule has 3 heterocycles. The number of carbonyl (C=O) groups excluding carboxylic acids is 1. The molecule has 10 heteroatoms. The van der Waals surface area contributed by atoms with Gasteiger partial charge in [-0.2, -0.15) is 0 Å². The standard InChI is InChI=1S/C16H21N5O3.2ClH/c1-9-6-10(7-17)8-21(9)15(23)12-5-4-11-13(18-12)19(2)16(24)20(3)14(11)22;;/h4-5,9-10H,6-8,17H2,1-3H3;2*1H. The summed E-state index contributed by atoms with van der Waals surface area (Å²) in [5.74, 6) is 0.0922. The summed E-state index contributed by atoms with van der Waals surface area (Å²) in [6.45, 7) is 3.13. The van der Waals surface area contributed by atoms with Gasteiger partial charge in [-0.05, 0) is 37.9 Å². The Hall–Kier alpha value is -1.90. The predicted octanol–water partition coefficient (Wildman–Crippen LogP) is 0.285. The van der Waals surface area contributed by atoms with Crippen LogP contribution in [0.2, 0.25) is 0 Å². The number of carbonyl (C=O) groups is 1. The van der Waals surface area contributed by atoms with Crippen LogP contribution in [0.1, 0.15) is 23.8 Å². The first-order chi connectivity index (χ1) is 11.3. The molecule has 0 aliphatic carbocycles. The van der Waals surface area contributed by atoms with Crippen LogP contribution in [0.5, 0.6) is 0 Å². The van der Waals surface area contributed by atoms with Crippen molar-refractivity contribution in [3.63, 3.8) is 0 Å². The van der Waals surface area contributed by atoms with Crippen LogP contribution in [0.3, 0.4) is 0 Å². The van der Waals surface area contributed by atoms with E-state index in [1.165, 1.54) is 18.7 Å². The molecule has 0 aromatic carbocycles. The molecule has 144 valence electrons. The summed E-state index contributed by atoms with van der Waals surface area (Å²) in [7, 11) is 2.95. The van der Waals surface area contributed by atoms with E-state index in [2.05, 4.69) is 4.98 Å². The zero-order chi connectivity index (χ0) is 17.6. The average Bonchev–Trinajstić information content (AvgIpc) is 2.97. The van der Waals surface area contributed by atoms with Gasteiger partial charge in [0.25, 0.3) is 11.5 Å². The van der Waals surface area contributed by atoms with E-state index in [9.17, 15) is 14.4 Å². The normalized spacial score (nSPS) is 19.2. The zero-order valence-electron chi connectivity index (χ0n) is 14.8. The van der Waals surface area contributed by atoms with Crippen LogP contribution in [0.25, 0.3) is 11.0 Å². The Bertz CT molecular complexity index is 940. The highest BCUT2D eigenvalue weighted by molar-refractivity contribution is 5.94. The lowest BCUT2D eigenvalue weighted by molar-refractivity contribution is 0.0738. The van der Waals surface area contributed by atoms with Gasteiger partial charge in [0.15, 0.2) is 0 Å². The van der Waals surface area contributed by atoms with Crippen molar-refractivity contribution in [3.8, 4) is 0 Å². The van der Waals surface area contributed by atoms with Gasteiger partial charge in [0.1, 0.15) is 11.3 Å². The minimum absolute atomic E-state index is 0. The van der Waals surface area contributed by atoms with Gasteiger partial charge in [-0.1, -0.05) is 0 Å². The highest BCUT2D eigenvalue weighted by atomic mass is 35.5. The molecule has 0 spiro atoms. The Morgan fingerprint density at radius 1 is 1.23 bits per heavy atom. The third kappa shape index (κ3) is 3.49. The van der Waals surface area contributed by atoms with Gasteiger partial charge in [0.2, 0.25) is 0 Å². The lowest BCUT2D eigenvalue weighted by Gasteiger charge is -2.21. The first kappa shape index (κ1) is 22.1. The molecule has 2 aromatic heterocycles. The molecule has 0 saturated carbocycles. The molecule has 1 aliphatic heterocycles. The van der Waals surface area contributed by atoms with Gasteiger partial charge < -0.3 is 10.6 Å². The van der Waals surface area contributed by atoms with Crippen molar-refractivity contribution in [1.82, 2.24) is 19.0 Å². The average molecular weight is 404 g/mol. The molecular formula is C16H23Cl2N5O3. The van der Waals surface area contributed by atoms with Crippen LogP contribution in [0.4, 0.5) is 0 Å². The molecule has 0 bridgehead atoms. The molecule has 2 aromatic rings. The van der Waals surface area contributed by atoms with Gasteiger partial charge in [-0.25, -0.2) is 9.78 Å². The SMILES string of the molecule is CC1CC(CN)CN1C(=O)c1ccc2c(=O)n(C)c(=O)n(C)c2n1.Cl.Cl. The first-order valence-corrected chi connectivity index (χ1v) is 7.93. The fourth-order valence-corrected chi connectivity index (χ4v) is 3.32. The minimum Gasteiger partial charge on any atom is -0.334 e. The van der Waals surface area contributed by atoms with Crippen molar-refractivity contribution in [2.75, 3.05) is 13.1 Å². The number of fused-ring (bicyclic) bond motifs is 1. The van der Waals surface area contributed by atoms with Crippen LogP contribution in [-0.2, 0) is 14.1 Å². The Morgan fingerprint density at radius 3 is 2.46 bits per heavy atom. The summed E-state index contributed by atoms with van der Waals surface area (Å²) in [6, 6.07) is 3.19. The van der Waals surface area contributed by atoms with E-state index in [4.69, 9.17) is 5.73 Å². The lowest BCUT2D eigenvalue weighted by Crippen LogP contribution is -2.38. The topological polar surface area (TPSA) is 103 Å². The van der Waals surface area contributed by atoms with Crippen molar-refractivity contribution in [3.05, 3.63) is 38.7 Å². The van der Waals surface area contributed by atoms with Crippen LogP contribution < -0.4 is 17.0 Å². The molecule has 1 amide bonds. The molecule has 2 atom stereocenters. The molecule has 3 rings (SSSR count). The second kappa shape index (κ2) is 8.20. The van der Waals surface area contributed by atoms with Crippen LogP contribution >= 0.6 is 24.8 Å². The molecular weight excluding hydrogens is 381 g/mol. The summed E-state index contributed by atoms with van der Waals surface area (Å²) in [4.78, 5) is 43.0. The number of aryl methyl sites for hydroxylation is 1. The molecule has 8 nitrogen and oxygen atoms in total. The number of likely N-dealkylation sites (tertiary alicyclic amines) is 1. The zero-order valence-corrected chi connectivity index (χ0v) is 16.5. The van der Waals surface area contributed by atoms with E-state index >= 15 is 0 Å². The summed E-state index contributed by atoms with van der Waals surface area (Å²) < 4.78 is 2.31. The number of nitrogens with zero attached hydrogens (tertiary/aromatic N) is 4. The fourth-order valence-electron chi connectivity index (χ4n) is 3.32. The first-order valence-electron chi connectivity index (χ1n) is 7.93. The molecule has 2 unspecified atom stereocenters. The van der Waals surface area contributed by atoms with E-state index < -0.39 is 11.2 Å². The Kier molecular flexibility index (Phi) is 6.98. The number of pyridine rings is 1. The summed E-state index contributed by atoms with van der Waals surface area (Å²) >= 11 is 0. The van der Waals surface area contributed by atoms with Crippen molar-refractivity contribution in [2.45, 2.75) is 19.4 Å². The number of hydrogen-bond donors (Lipinski definition) is 1. The highest BCUT2D eigenvalue weighted by Crippen LogP contribution is 2.24. The van der Waals surface area contributed by atoms with E-state index in [-0.39, 0.29) is 48.1 Å². The Labute approximate surface area is 162 Å². The van der Waals surface area contributed by atoms with E-state index in [0.717, 1.165) is 11.0 Å². The van der Waals surface area contributed by atoms with Crippen molar-refractivity contribution in [2.24, 2.45) is 25.7 Å². The van der Waals surface area contributed by atoms with E-state index in [1.807, 2.05) is 6.92 Å². The van der Waals surface area contributed by atoms with Crippen LogP contribution in [-0.4, -0.2) is 44.1 Å². The third-order valence-electron chi connectivity index (χ3n) is 4.78. The molecule has 1 aliphatic rings. The number of nitrogens with two attached hydrogens (primary N) is 1. The Morgan fingerprint density at radius 2 is 1.88 bits per heavy atom. The maximum Gasteiger partial charge on any atom is 0.332 e. The molecule has 1 fully saturated rings. The second-order valence-electron chi connectivity index (χ2n) is 6.42. The van der Waals surface area contributed by atoms with Crippen LogP contribution in [0.15, 0.2) is 21.7 Å². The predicted molar refractivity (Wildman–Crippen MR) is 104 cm³/mol. The lowest BCUT2D eigenvalue weighted by atomic mass is 10.1. The number of aromatic nitrogens is 3. The number of rotatable bonds is 2. The quantitative estimate of drug-likeness (QED) is 0.775. The monoisotopic (exact) mass is 403 g/mol. The van der Waals surface area contributed by atoms with Gasteiger partial charge in [0, 0.05) is 26.7 Å². The van der Waals surface area contributed by atoms with Crippen molar-refractivity contribution >= 4 is 41.8 Å². The smallest absolute Gasteiger partial charge is 0.332 e. The highest BCUT2D eigenvalue weighted by Gasteiger charge is 2.32. The summed E-state index contributed by atoms with van der Waals surface area (Å²) in [6.07, 6.45) is 0.870. The molecule has 2 N–H and O–H groups in total. The van der Waals surface area contributed by atoms with Gasteiger partial charge in [-0.15, -0.1) is 24.8 Å². The van der Waals surface area contributed by atoms with Gasteiger partial charge >= 0.3 is 5.69 Å². The van der Waals surface area contributed by atoms with Gasteiger partial charge in [-0.3, -0.25) is 18.7 Å². The van der Waals surface area contributed by atoms with Crippen molar-refractivity contribution < 1.29 is 4.79 Å². The fraction of sp³-hybridized carbons (Fsp3) is 0.500. The maximum absolute atomic E-state index is 12.8. The molecule has 0 radical (unpaired) electrons. The number of hydrogen-bond acceptors (Lipinski definition) is 5. The molecule has 26 heavy (non-hydrogen) atoms. The van der Waals surface area contributed by atoms with E-state index in [1.54, 1.807) is 17.0 Å². The maximum atomic E-state index is 12.8. The number of halogens is 2. The number of amides is 1. The summed E-state index contributed by atoms with van der Waals surface area (Å²) in [5.41, 5.74) is 5.27. The third-order valence-corrected chi connectivity index (χ3v) is 4.78. The van der Waals surface area contributed by atoms with Crippen molar-refractivity contribution in [1.29, 1.82) is 0 Å².